The fourth-order valence-corrected chi connectivity index (χ4v) is 3.02. The number of nitrogens with two attached hydrogens (primary N) is 1. The van der Waals surface area contributed by atoms with Crippen LogP contribution in [0.4, 0.5) is 5.69 Å². The van der Waals surface area contributed by atoms with Gasteiger partial charge in [-0.3, -0.25) is 4.79 Å². The second-order valence-corrected chi connectivity index (χ2v) is 5.87. The van der Waals surface area contributed by atoms with Gasteiger partial charge in [0.25, 0.3) is 0 Å². The number of thiocarbonyl (C=S) groups is 1. The summed E-state index contributed by atoms with van der Waals surface area (Å²) in [6.45, 7) is 1.88. The molecule has 102 valence electrons. The van der Waals surface area contributed by atoms with Crippen molar-refractivity contribution in [2.75, 3.05) is 5.32 Å². The zero-order valence-corrected chi connectivity index (χ0v) is 12.4. The summed E-state index contributed by atoms with van der Waals surface area (Å²) in [7, 11) is 0. The molecule has 0 bridgehead atoms. The highest BCUT2D eigenvalue weighted by Gasteiger charge is 2.44. The van der Waals surface area contributed by atoms with Crippen LogP contribution in [0.2, 0.25) is 5.02 Å². The van der Waals surface area contributed by atoms with Gasteiger partial charge in [0, 0.05) is 10.7 Å². The minimum atomic E-state index is -0.690. The standard InChI is InChI=1S/C14H17ClN2OS/c1-9-10(15)5-4-6-11(9)17-13(18)14(12(16)19)7-2-3-8-14/h4-6H,2-3,7-8H2,1H3,(H2,16,19)(H,17,18). The van der Waals surface area contributed by atoms with Crippen LogP contribution in [0.3, 0.4) is 0 Å². The number of nitrogens with one attached hydrogen (secondary N) is 1. The maximum atomic E-state index is 12.5. The Bertz CT molecular complexity index is 524. The first kappa shape index (κ1) is 14.3. The van der Waals surface area contributed by atoms with Gasteiger partial charge in [0.15, 0.2) is 0 Å². The average Bonchev–Trinajstić information content (AvgIpc) is 2.85. The minimum absolute atomic E-state index is 0.108. The van der Waals surface area contributed by atoms with E-state index >= 15 is 0 Å². The van der Waals surface area contributed by atoms with Crippen LogP contribution in [-0.2, 0) is 4.79 Å². The molecule has 3 N–H and O–H groups in total. The van der Waals surface area contributed by atoms with Gasteiger partial charge in [0.1, 0.15) is 0 Å². The number of hydrogen-bond acceptors (Lipinski definition) is 2. The molecule has 2 rings (SSSR count). The van der Waals surface area contributed by atoms with Crippen molar-refractivity contribution in [2.45, 2.75) is 32.6 Å². The molecule has 1 aromatic carbocycles. The monoisotopic (exact) mass is 296 g/mol. The number of hydrogen-bond donors (Lipinski definition) is 2. The van der Waals surface area contributed by atoms with Crippen LogP contribution in [0.5, 0.6) is 0 Å². The predicted molar refractivity (Wildman–Crippen MR) is 82.5 cm³/mol. The summed E-state index contributed by atoms with van der Waals surface area (Å²) in [5, 5.41) is 3.56. The molecule has 0 radical (unpaired) electrons. The Kier molecular flexibility index (Phi) is 4.11. The van der Waals surface area contributed by atoms with E-state index in [-0.39, 0.29) is 5.91 Å². The number of amides is 1. The molecule has 0 unspecified atom stereocenters. The van der Waals surface area contributed by atoms with Crippen molar-refractivity contribution >= 4 is 40.4 Å². The lowest BCUT2D eigenvalue weighted by Gasteiger charge is -2.26. The average molecular weight is 297 g/mol. The zero-order chi connectivity index (χ0) is 14.0. The Morgan fingerprint density at radius 3 is 2.63 bits per heavy atom. The van der Waals surface area contributed by atoms with Crippen molar-refractivity contribution < 1.29 is 4.79 Å². The lowest BCUT2D eigenvalue weighted by atomic mass is 9.85. The lowest BCUT2D eigenvalue weighted by molar-refractivity contribution is -0.122. The highest BCUT2D eigenvalue weighted by atomic mass is 35.5. The fraction of sp³-hybridized carbons (Fsp3) is 0.429. The molecule has 1 aromatic rings. The van der Waals surface area contributed by atoms with E-state index in [0.29, 0.717) is 10.0 Å². The molecule has 3 nitrogen and oxygen atoms in total. The van der Waals surface area contributed by atoms with Gasteiger partial charge in [-0.1, -0.05) is 42.7 Å². The molecule has 0 heterocycles. The van der Waals surface area contributed by atoms with Crippen LogP contribution in [0, 0.1) is 12.3 Å². The van der Waals surface area contributed by atoms with Gasteiger partial charge in [-0.2, -0.15) is 0 Å². The summed E-state index contributed by atoms with van der Waals surface area (Å²) in [6, 6.07) is 5.44. The Morgan fingerprint density at radius 2 is 2.05 bits per heavy atom. The van der Waals surface area contributed by atoms with Crippen LogP contribution in [-0.4, -0.2) is 10.9 Å². The maximum absolute atomic E-state index is 12.5. The van der Waals surface area contributed by atoms with E-state index in [1.165, 1.54) is 0 Å². The summed E-state index contributed by atoms with van der Waals surface area (Å²) in [5.74, 6) is -0.108. The van der Waals surface area contributed by atoms with E-state index in [0.717, 1.165) is 36.9 Å². The van der Waals surface area contributed by atoms with E-state index in [4.69, 9.17) is 29.6 Å². The minimum Gasteiger partial charge on any atom is -0.392 e. The van der Waals surface area contributed by atoms with Gasteiger partial charge in [-0.25, -0.2) is 0 Å². The second kappa shape index (κ2) is 5.47. The molecular formula is C14H17ClN2OS. The van der Waals surface area contributed by atoms with E-state index in [2.05, 4.69) is 5.32 Å². The fourth-order valence-electron chi connectivity index (χ4n) is 2.55. The lowest BCUT2D eigenvalue weighted by Crippen LogP contribution is -2.44. The summed E-state index contributed by atoms with van der Waals surface area (Å²) in [4.78, 5) is 12.8. The van der Waals surface area contributed by atoms with Crippen molar-refractivity contribution in [2.24, 2.45) is 11.1 Å². The molecular weight excluding hydrogens is 280 g/mol. The van der Waals surface area contributed by atoms with Crippen LogP contribution in [0.15, 0.2) is 18.2 Å². The maximum Gasteiger partial charge on any atom is 0.237 e. The third-order valence-corrected chi connectivity index (χ3v) is 4.68. The van der Waals surface area contributed by atoms with Gasteiger partial charge in [0.2, 0.25) is 5.91 Å². The Balaban J connectivity index is 2.25. The van der Waals surface area contributed by atoms with Gasteiger partial charge in [-0.15, -0.1) is 0 Å². The first-order valence-electron chi connectivity index (χ1n) is 6.34. The summed E-state index contributed by atoms with van der Waals surface area (Å²) in [6.07, 6.45) is 3.43. The van der Waals surface area contributed by atoms with Crippen molar-refractivity contribution in [3.05, 3.63) is 28.8 Å². The summed E-state index contributed by atoms with van der Waals surface area (Å²) in [5.41, 5.74) is 6.69. The topological polar surface area (TPSA) is 55.1 Å². The third-order valence-electron chi connectivity index (χ3n) is 3.88. The molecule has 19 heavy (non-hydrogen) atoms. The first-order valence-corrected chi connectivity index (χ1v) is 7.12. The molecule has 0 saturated heterocycles. The van der Waals surface area contributed by atoms with E-state index in [1.807, 2.05) is 19.1 Å². The van der Waals surface area contributed by atoms with Gasteiger partial charge in [-0.05, 0) is 37.5 Å². The zero-order valence-electron chi connectivity index (χ0n) is 10.8. The molecule has 5 heteroatoms. The van der Waals surface area contributed by atoms with Crippen molar-refractivity contribution in [1.82, 2.24) is 0 Å². The number of rotatable bonds is 3. The molecule has 1 aliphatic rings. The van der Waals surface area contributed by atoms with Crippen LogP contribution in [0.25, 0.3) is 0 Å². The Morgan fingerprint density at radius 1 is 1.42 bits per heavy atom. The van der Waals surface area contributed by atoms with E-state index in [1.54, 1.807) is 6.07 Å². The van der Waals surface area contributed by atoms with Crippen LogP contribution in [0.1, 0.15) is 31.2 Å². The molecule has 1 aliphatic carbocycles. The molecule has 1 fully saturated rings. The molecule has 0 atom stereocenters. The highest BCUT2D eigenvalue weighted by Crippen LogP contribution is 2.40. The summed E-state index contributed by atoms with van der Waals surface area (Å²) < 4.78 is 0. The SMILES string of the molecule is Cc1c(Cl)cccc1NC(=O)C1(C(N)=S)CCCC1. The normalized spacial score (nSPS) is 17.2. The van der Waals surface area contributed by atoms with Crippen LogP contribution >= 0.6 is 23.8 Å². The van der Waals surface area contributed by atoms with Crippen molar-refractivity contribution in [3.63, 3.8) is 0 Å². The van der Waals surface area contributed by atoms with Gasteiger partial charge >= 0.3 is 0 Å². The second-order valence-electron chi connectivity index (χ2n) is 5.02. The first-order chi connectivity index (χ1) is 8.97. The highest BCUT2D eigenvalue weighted by molar-refractivity contribution is 7.80. The number of halogens is 1. The number of carbonyl (C=O) groups is 1. The Hall–Kier alpha value is -1.13. The molecule has 1 amide bonds. The quantitative estimate of drug-likeness (QED) is 0.840. The number of benzene rings is 1. The van der Waals surface area contributed by atoms with Gasteiger partial charge < -0.3 is 11.1 Å². The third kappa shape index (κ3) is 2.60. The largest absolute Gasteiger partial charge is 0.392 e. The number of anilines is 1. The van der Waals surface area contributed by atoms with E-state index in [9.17, 15) is 4.79 Å². The van der Waals surface area contributed by atoms with Crippen LogP contribution < -0.4 is 11.1 Å². The number of carbonyl (C=O) groups excluding carboxylic acids is 1. The predicted octanol–water partition coefficient (Wildman–Crippen LogP) is 3.43. The smallest absolute Gasteiger partial charge is 0.237 e. The molecule has 0 aromatic heterocycles. The van der Waals surface area contributed by atoms with Crippen molar-refractivity contribution in [1.29, 1.82) is 0 Å². The van der Waals surface area contributed by atoms with Crippen molar-refractivity contribution in [3.8, 4) is 0 Å². The van der Waals surface area contributed by atoms with E-state index < -0.39 is 5.41 Å². The van der Waals surface area contributed by atoms with Gasteiger partial charge in [0.05, 0.1) is 10.4 Å². The molecule has 0 spiro atoms. The Labute approximate surface area is 123 Å². The summed E-state index contributed by atoms with van der Waals surface area (Å²) >= 11 is 11.2. The molecule has 0 aliphatic heterocycles. The molecule has 1 saturated carbocycles.